The Morgan fingerprint density at radius 2 is 1.88 bits per heavy atom. The van der Waals surface area contributed by atoms with E-state index in [1.54, 1.807) is 18.2 Å². The van der Waals surface area contributed by atoms with E-state index in [1.807, 2.05) is 26.0 Å². The highest BCUT2D eigenvalue weighted by molar-refractivity contribution is 6.35. The largest absolute Gasteiger partial charge is 0.482 e. The third kappa shape index (κ3) is 5.38. The highest BCUT2D eigenvalue weighted by Crippen LogP contribution is 2.25. The molecule has 0 spiro atoms. The number of amides is 1. The molecule has 0 saturated carbocycles. The Morgan fingerprint density at radius 1 is 1.15 bits per heavy atom. The molecule has 0 aliphatic rings. The number of benzene rings is 2. The lowest BCUT2D eigenvalue weighted by molar-refractivity contribution is -0.155. The molecule has 138 valence electrons. The van der Waals surface area contributed by atoms with Crippen LogP contribution in [0.3, 0.4) is 0 Å². The highest BCUT2D eigenvalue weighted by Gasteiger charge is 2.19. The van der Waals surface area contributed by atoms with Crippen molar-refractivity contribution in [3.8, 4) is 5.75 Å². The fourth-order valence-electron chi connectivity index (χ4n) is 2.13. The minimum atomic E-state index is -1.01. The van der Waals surface area contributed by atoms with Crippen molar-refractivity contribution in [1.82, 2.24) is 0 Å². The number of carbonyl (C=O) groups is 2. The van der Waals surface area contributed by atoms with Crippen LogP contribution in [-0.2, 0) is 14.3 Å². The van der Waals surface area contributed by atoms with Crippen molar-refractivity contribution in [3.63, 3.8) is 0 Å². The van der Waals surface area contributed by atoms with E-state index >= 15 is 0 Å². The topological polar surface area (TPSA) is 64.6 Å². The number of nitrogens with one attached hydrogen (secondary N) is 1. The summed E-state index contributed by atoms with van der Waals surface area (Å²) in [7, 11) is 0. The zero-order valence-corrected chi connectivity index (χ0v) is 16.1. The first kappa shape index (κ1) is 20.1. The summed E-state index contributed by atoms with van der Waals surface area (Å²) in [4.78, 5) is 24.1. The van der Waals surface area contributed by atoms with E-state index < -0.39 is 18.0 Å². The van der Waals surface area contributed by atoms with Crippen molar-refractivity contribution in [3.05, 3.63) is 57.6 Å². The number of aryl methyl sites for hydroxylation is 1. The number of ether oxygens (including phenoxy) is 2. The third-order valence-corrected chi connectivity index (χ3v) is 4.33. The molecule has 0 heterocycles. The standard InChI is InChI=1S/C19H19Cl2NO4/c1-11-5-4-6-17(12(11)2)25-10-18(23)26-13(3)19(24)22-16-9-14(20)7-8-15(16)21/h4-9,13H,10H2,1-3H3,(H,22,24)/t13-/m1/s1. The Hall–Kier alpha value is -2.24. The molecule has 2 aromatic carbocycles. The SMILES string of the molecule is Cc1cccc(OCC(=O)O[C@H](C)C(=O)Nc2cc(Cl)ccc2Cl)c1C. The molecule has 2 rings (SSSR count). The molecule has 0 saturated heterocycles. The van der Waals surface area contributed by atoms with Crippen LogP contribution in [0.25, 0.3) is 0 Å². The van der Waals surface area contributed by atoms with Gasteiger partial charge in [-0.1, -0.05) is 35.3 Å². The molecule has 0 aliphatic carbocycles. The smallest absolute Gasteiger partial charge is 0.344 e. The molecule has 0 fully saturated rings. The summed E-state index contributed by atoms with van der Waals surface area (Å²) in [6.07, 6.45) is -1.01. The molecule has 0 radical (unpaired) electrons. The minimum absolute atomic E-state index is 0.292. The summed E-state index contributed by atoms with van der Waals surface area (Å²) >= 11 is 11.9. The second-order valence-electron chi connectivity index (χ2n) is 5.73. The summed E-state index contributed by atoms with van der Waals surface area (Å²) in [5, 5.41) is 3.33. The first-order chi connectivity index (χ1) is 12.3. The van der Waals surface area contributed by atoms with E-state index in [9.17, 15) is 9.59 Å². The monoisotopic (exact) mass is 395 g/mol. The number of halogens is 2. The first-order valence-corrected chi connectivity index (χ1v) is 8.68. The third-order valence-electron chi connectivity index (χ3n) is 3.76. The van der Waals surface area contributed by atoms with Crippen molar-refractivity contribution < 1.29 is 19.1 Å². The van der Waals surface area contributed by atoms with Crippen molar-refractivity contribution in [2.45, 2.75) is 26.9 Å². The van der Waals surface area contributed by atoms with Gasteiger partial charge in [-0.2, -0.15) is 0 Å². The molecular formula is C19H19Cl2NO4. The summed E-state index contributed by atoms with van der Waals surface area (Å²) in [5.41, 5.74) is 2.35. The lowest BCUT2D eigenvalue weighted by Gasteiger charge is -2.15. The van der Waals surface area contributed by atoms with Gasteiger partial charge in [0.1, 0.15) is 5.75 Å². The van der Waals surface area contributed by atoms with Crippen molar-refractivity contribution in [2.75, 3.05) is 11.9 Å². The summed E-state index contributed by atoms with van der Waals surface area (Å²) in [6, 6.07) is 10.2. The van der Waals surface area contributed by atoms with Crippen LogP contribution < -0.4 is 10.1 Å². The molecule has 1 N–H and O–H groups in total. The number of anilines is 1. The van der Waals surface area contributed by atoms with Crippen LogP contribution in [-0.4, -0.2) is 24.6 Å². The number of hydrogen-bond donors (Lipinski definition) is 1. The van der Waals surface area contributed by atoms with E-state index in [1.165, 1.54) is 13.0 Å². The maximum absolute atomic E-state index is 12.2. The molecule has 26 heavy (non-hydrogen) atoms. The van der Waals surface area contributed by atoms with Crippen LogP contribution in [0.15, 0.2) is 36.4 Å². The van der Waals surface area contributed by atoms with Crippen LogP contribution in [0, 0.1) is 13.8 Å². The lowest BCUT2D eigenvalue weighted by Crippen LogP contribution is -2.31. The van der Waals surface area contributed by atoms with Gasteiger partial charge in [-0.25, -0.2) is 4.79 Å². The van der Waals surface area contributed by atoms with Crippen LogP contribution in [0.5, 0.6) is 5.75 Å². The first-order valence-electron chi connectivity index (χ1n) is 7.92. The molecule has 7 heteroatoms. The van der Waals surface area contributed by atoms with E-state index in [4.69, 9.17) is 32.7 Å². The van der Waals surface area contributed by atoms with Gasteiger partial charge in [0.15, 0.2) is 12.7 Å². The summed E-state index contributed by atoms with van der Waals surface area (Å²) < 4.78 is 10.6. The van der Waals surface area contributed by atoms with Gasteiger partial charge >= 0.3 is 5.97 Å². The summed E-state index contributed by atoms with van der Waals surface area (Å²) in [5.74, 6) is -0.565. The molecule has 0 bridgehead atoms. The Morgan fingerprint density at radius 3 is 2.62 bits per heavy atom. The average molecular weight is 396 g/mol. The normalized spacial score (nSPS) is 11.6. The lowest BCUT2D eigenvalue weighted by atomic mass is 10.1. The van der Waals surface area contributed by atoms with E-state index in [0.29, 0.717) is 21.5 Å². The molecule has 2 aromatic rings. The predicted octanol–water partition coefficient (Wildman–Crippen LogP) is 4.56. The number of esters is 1. The molecule has 1 atom stereocenters. The Labute approximate surface area is 162 Å². The molecule has 0 aromatic heterocycles. The van der Waals surface area contributed by atoms with Crippen molar-refractivity contribution in [2.24, 2.45) is 0 Å². The van der Waals surface area contributed by atoms with Gasteiger partial charge in [-0.05, 0) is 56.2 Å². The van der Waals surface area contributed by atoms with Crippen LogP contribution in [0.1, 0.15) is 18.1 Å². The fraction of sp³-hybridized carbons (Fsp3) is 0.263. The average Bonchev–Trinajstić information content (AvgIpc) is 2.59. The van der Waals surface area contributed by atoms with E-state index in [2.05, 4.69) is 5.32 Å². The number of hydrogen-bond acceptors (Lipinski definition) is 4. The predicted molar refractivity (Wildman–Crippen MR) is 102 cm³/mol. The Balaban J connectivity index is 1.89. The van der Waals surface area contributed by atoms with E-state index in [-0.39, 0.29) is 6.61 Å². The fourth-order valence-corrected chi connectivity index (χ4v) is 2.47. The van der Waals surface area contributed by atoms with Crippen LogP contribution in [0.4, 0.5) is 5.69 Å². The van der Waals surface area contributed by atoms with Gasteiger partial charge in [0.05, 0.1) is 10.7 Å². The van der Waals surface area contributed by atoms with Gasteiger partial charge in [0.25, 0.3) is 5.91 Å². The highest BCUT2D eigenvalue weighted by atomic mass is 35.5. The van der Waals surface area contributed by atoms with Crippen molar-refractivity contribution >= 4 is 40.8 Å². The van der Waals surface area contributed by atoms with Gasteiger partial charge in [0, 0.05) is 5.02 Å². The second kappa shape index (κ2) is 8.92. The van der Waals surface area contributed by atoms with Crippen LogP contribution in [0.2, 0.25) is 10.0 Å². The van der Waals surface area contributed by atoms with Gasteiger partial charge in [0.2, 0.25) is 0 Å². The Kier molecular flexibility index (Phi) is 6.89. The molecule has 0 unspecified atom stereocenters. The molecule has 1 amide bonds. The van der Waals surface area contributed by atoms with Gasteiger partial charge in [-0.15, -0.1) is 0 Å². The van der Waals surface area contributed by atoms with Gasteiger partial charge in [-0.3, -0.25) is 4.79 Å². The minimum Gasteiger partial charge on any atom is -0.482 e. The molecule has 0 aliphatic heterocycles. The Bertz CT molecular complexity index is 823. The number of rotatable bonds is 6. The molecular weight excluding hydrogens is 377 g/mol. The zero-order valence-electron chi connectivity index (χ0n) is 14.6. The summed E-state index contributed by atoms with van der Waals surface area (Å²) in [6.45, 7) is 5.03. The van der Waals surface area contributed by atoms with Crippen LogP contribution >= 0.6 is 23.2 Å². The second-order valence-corrected chi connectivity index (χ2v) is 6.58. The van der Waals surface area contributed by atoms with E-state index in [0.717, 1.165) is 11.1 Å². The van der Waals surface area contributed by atoms with Crippen molar-refractivity contribution in [1.29, 1.82) is 0 Å². The maximum atomic E-state index is 12.2. The van der Waals surface area contributed by atoms with Gasteiger partial charge < -0.3 is 14.8 Å². The quantitative estimate of drug-likeness (QED) is 0.728. The zero-order chi connectivity index (χ0) is 19.3. The number of carbonyl (C=O) groups excluding carboxylic acids is 2. The maximum Gasteiger partial charge on any atom is 0.344 e. The molecule has 5 nitrogen and oxygen atoms in total.